The van der Waals surface area contributed by atoms with Crippen molar-refractivity contribution in [2.24, 2.45) is 5.92 Å². The van der Waals surface area contributed by atoms with Crippen LogP contribution in [-0.2, 0) is 0 Å². The number of hydrogen-bond acceptors (Lipinski definition) is 6. The Bertz CT molecular complexity index is 803. The average molecular weight is 371 g/mol. The van der Waals surface area contributed by atoms with Crippen molar-refractivity contribution in [3.63, 3.8) is 0 Å². The largest absolute Gasteiger partial charge is 0.348 e. The molecular weight excluding hydrogens is 352 g/mol. The summed E-state index contributed by atoms with van der Waals surface area (Å²) in [6.07, 6.45) is 3.97. The molecule has 128 valence electrons. The number of hydrogen-bond donors (Lipinski definition) is 1. The standard InChI is InChI=1S/C18H18N4OS2/c19-9-15-10-20-18(25-15)24-14-3-1-13(2-4-14)17(23)21-16-11-22-7-5-12(16)6-8-22/h1-4,10,12,16H,5-8,11H2,(H,21,23). The van der Waals surface area contributed by atoms with E-state index in [4.69, 9.17) is 5.26 Å². The van der Waals surface area contributed by atoms with Crippen LogP contribution >= 0.6 is 23.1 Å². The highest BCUT2D eigenvalue weighted by atomic mass is 32.2. The maximum absolute atomic E-state index is 12.5. The maximum atomic E-state index is 12.5. The Morgan fingerprint density at radius 3 is 2.68 bits per heavy atom. The normalized spacial score (nSPS) is 24.7. The second-order valence-corrected chi connectivity index (χ2v) is 8.80. The molecule has 1 N–H and O–H groups in total. The minimum absolute atomic E-state index is 0.0105. The summed E-state index contributed by atoms with van der Waals surface area (Å²) in [5, 5.41) is 12.1. The van der Waals surface area contributed by atoms with E-state index < -0.39 is 0 Å². The summed E-state index contributed by atoms with van der Waals surface area (Å²) in [4.78, 5) is 20.8. The molecule has 5 rings (SSSR count). The number of fused-ring (bicyclic) bond motifs is 3. The molecule has 2 bridgehead atoms. The van der Waals surface area contributed by atoms with Gasteiger partial charge in [0.05, 0.1) is 6.20 Å². The van der Waals surface area contributed by atoms with Gasteiger partial charge in [0.25, 0.3) is 5.91 Å². The lowest BCUT2D eigenvalue weighted by Gasteiger charge is -2.44. The van der Waals surface area contributed by atoms with E-state index in [1.807, 2.05) is 24.3 Å². The quantitative estimate of drug-likeness (QED) is 0.896. The molecule has 1 unspecified atom stereocenters. The van der Waals surface area contributed by atoms with Crippen molar-refractivity contribution in [3.05, 3.63) is 40.9 Å². The molecule has 7 heteroatoms. The fourth-order valence-corrected chi connectivity index (χ4v) is 5.26. The summed E-state index contributed by atoms with van der Waals surface area (Å²) in [5.41, 5.74) is 0.692. The van der Waals surface area contributed by atoms with Gasteiger partial charge in [-0.05, 0) is 56.1 Å². The van der Waals surface area contributed by atoms with E-state index in [-0.39, 0.29) is 11.9 Å². The molecular formula is C18H18N4OS2. The van der Waals surface area contributed by atoms with Crippen molar-refractivity contribution < 1.29 is 4.79 Å². The Labute approximate surface area is 155 Å². The summed E-state index contributed by atoms with van der Waals surface area (Å²) < 4.78 is 0.834. The molecule has 0 radical (unpaired) electrons. The summed E-state index contributed by atoms with van der Waals surface area (Å²) in [5.74, 6) is 0.638. The molecule has 1 aromatic carbocycles. The fourth-order valence-electron chi connectivity index (χ4n) is 3.51. The van der Waals surface area contributed by atoms with Crippen LogP contribution in [0.5, 0.6) is 0 Å². The molecule has 2 aromatic rings. The molecule has 0 spiro atoms. The number of piperidine rings is 3. The molecule has 3 fully saturated rings. The number of carbonyl (C=O) groups is 1. The first-order valence-corrected chi connectivity index (χ1v) is 10.0. The van der Waals surface area contributed by atoms with Crippen LogP contribution in [0, 0.1) is 17.2 Å². The number of amides is 1. The predicted octanol–water partition coefficient (Wildman–Crippen LogP) is 2.99. The molecule has 25 heavy (non-hydrogen) atoms. The fraction of sp³-hybridized carbons (Fsp3) is 0.389. The van der Waals surface area contributed by atoms with Crippen LogP contribution in [-0.4, -0.2) is 41.5 Å². The number of aromatic nitrogens is 1. The van der Waals surface area contributed by atoms with Gasteiger partial charge in [0, 0.05) is 23.0 Å². The molecule has 1 atom stereocenters. The number of carbonyl (C=O) groups excluding carboxylic acids is 1. The summed E-state index contributed by atoms with van der Waals surface area (Å²) in [7, 11) is 0. The number of nitrogens with one attached hydrogen (secondary N) is 1. The SMILES string of the molecule is N#Cc1cnc(Sc2ccc(C(=O)NC3CN4CCC3CC4)cc2)s1. The third-order valence-electron chi connectivity index (χ3n) is 4.89. The van der Waals surface area contributed by atoms with E-state index in [1.54, 1.807) is 6.20 Å². The highest BCUT2D eigenvalue weighted by molar-refractivity contribution is 8.01. The molecule has 1 aromatic heterocycles. The van der Waals surface area contributed by atoms with Crippen LogP contribution in [0.15, 0.2) is 39.7 Å². The van der Waals surface area contributed by atoms with Crippen LogP contribution in [0.25, 0.3) is 0 Å². The first kappa shape index (κ1) is 16.6. The zero-order chi connectivity index (χ0) is 17.2. The zero-order valence-electron chi connectivity index (χ0n) is 13.6. The van der Waals surface area contributed by atoms with Gasteiger partial charge in [0.2, 0.25) is 0 Å². The Balaban J connectivity index is 1.38. The molecule has 3 saturated heterocycles. The van der Waals surface area contributed by atoms with E-state index in [1.165, 1.54) is 49.0 Å². The van der Waals surface area contributed by atoms with Crippen molar-refractivity contribution in [3.8, 4) is 6.07 Å². The number of nitriles is 1. The lowest BCUT2D eigenvalue weighted by molar-refractivity contribution is 0.0620. The minimum atomic E-state index is 0.0105. The highest BCUT2D eigenvalue weighted by Crippen LogP contribution is 2.31. The van der Waals surface area contributed by atoms with Crippen molar-refractivity contribution >= 4 is 29.0 Å². The van der Waals surface area contributed by atoms with Crippen LogP contribution < -0.4 is 5.32 Å². The Hall–Kier alpha value is -1.88. The van der Waals surface area contributed by atoms with Crippen molar-refractivity contribution in [1.82, 2.24) is 15.2 Å². The molecule has 0 aliphatic carbocycles. The van der Waals surface area contributed by atoms with Gasteiger partial charge in [0.1, 0.15) is 10.9 Å². The van der Waals surface area contributed by atoms with Crippen LogP contribution in [0.2, 0.25) is 0 Å². The van der Waals surface area contributed by atoms with Gasteiger partial charge >= 0.3 is 0 Å². The minimum Gasteiger partial charge on any atom is -0.348 e. The Kier molecular flexibility index (Phi) is 4.75. The van der Waals surface area contributed by atoms with Gasteiger partial charge in [-0.25, -0.2) is 4.98 Å². The van der Waals surface area contributed by atoms with Gasteiger partial charge in [-0.2, -0.15) is 5.26 Å². The van der Waals surface area contributed by atoms with Gasteiger partial charge < -0.3 is 10.2 Å². The van der Waals surface area contributed by atoms with E-state index in [0.717, 1.165) is 15.8 Å². The average Bonchev–Trinajstić information content (AvgIpc) is 3.11. The molecule has 1 amide bonds. The van der Waals surface area contributed by atoms with E-state index >= 15 is 0 Å². The summed E-state index contributed by atoms with van der Waals surface area (Å²) in [6.45, 7) is 3.33. The van der Waals surface area contributed by atoms with Crippen LogP contribution in [0.4, 0.5) is 0 Å². The van der Waals surface area contributed by atoms with E-state index in [2.05, 4.69) is 21.3 Å². The zero-order valence-corrected chi connectivity index (χ0v) is 15.3. The molecule has 0 saturated carbocycles. The summed E-state index contributed by atoms with van der Waals surface area (Å²) in [6, 6.07) is 9.96. The molecule has 3 aliphatic rings. The second-order valence-electron chi connectivity index (χ2n) is 6.45. The molecule has 3 aliphatic heterocycles. The maximum Gasteiger partial charge on any atom is 0.251 e. The van der Waals surface area contributed by atoms with Crippen molar-refractivity contribution in [2.75, 3.05) is 19.6 Å². The molecule has 5 nitrogen and oxygen atoms in total. The summed E-state index contributed by atoms with van der Waals surface area (Å²) >= 11 is 2.88. The number of thiazole rings is 1. The van der Waals surface area contributed by atoms with Gasteiger partial charge in [0.15, 0.2) is 4.34 Å². The van der Waals surface area contributed by atoms with Crippen molar-refractivity contribution in [1.29, 1.82) is 5.26 Å². The highest BCUT2D eigenvalue weighted by Gasteiger charge is 2.34. The first-order chi connectivity index (χ1) is 12.2. The van der Waals surface area contributed by atoms with E-state index in [0.29, 0.717) is 16.4 Å². The number of benzene rings is 1. The molecule has 4 heterocycles. The van der Waals surface area contributed by atoms with Crippen molar-refractivity contribution in [2.45, 2.75) is 28.1 Å². The number of rotatable bonds is 4. The van der Waals surface area contributed by atoms with Gasteiger partial charge in [-0.15, -0.1) is 0 Å². The second kappa shape index (κ2) is 7.16. The van der Waals surface area contributed by atoms with Gasteiger partial charge in [-0.3, -0.25) is 4.79 Å². The van der Waals surface area contributed by atoms with Gasteiger partial charge in [-0.1, -0.05) is 23.1 Å². The topological polar surface area (TPSA) is 69.0 Å². The van der Waals surface area contributed by atoms with E-state index in [9.17, 15) is 4.79 Å². The smallest absolute Gasteiger partial charge is 0.251 e. The Morgan fingerprint density at radius 2 is 2.08 bits per heavy atom. The third-order valence-corrected chi connectivity index (χ3v) is 6.87. The van der Waals surface area contributed by atoms with Crippen LogP contribution in [0.1, 0.15) is 28.1 Å². The number of nitrogens with zero attached hydrogens (tertiary/aromatic N) is 3. The lowest BCUT2D eigenvalue weighted by atomic mass is 9.84. The van der Waals surface area contributed by atoms with Crippen LogP contribution in [0.3, 0.4) is 0 Å². The third kappa shape index (κ3) is 3.71. The first-order valence-electron chi connectivity index (χ1n) is 8.38. The Morgan fingerprint density at radius 1 is 1.32 bits per heavy atom. The predicted molar refractivity (Wildman–Crippen MR) is 97.8 cm³/mol. The lowest BCUT2D eigenvalue weighted by Crippen LogP contribution is -2.57. The monoisotopic (exact) mass is 370 g/mol.